The molecule has 2 aromatic carbocycles. The standard InChI is InChI=1S/C18H15ClN2O3/c19-15-7-5-12(6-8-15)17-16(11-24-21-17)18(23)20-9-13-3-1-2-4-14(13)10-22/h1-8,11,22H,9-10H2,(H,20,23). The number of nitrogens with zero attached hydrogens (tertiary/aromatic N) is 1. The Bertz CT molecular complexity index is 843. The number of aromatic nitrogens is 1. The van der Waals surface area contributed by atoms with Gasteiger partial charge < -0.3 is 14.9 Å². The van der Waals surface area contributed by atoms with E-state index in [9.17, 15) is 9.90 Å². The quantitative estimate of drug-likeness (QED) is 0.745. The van der Waals surface area contributed by atoms with Crippen LogP contribution in [-0.4, -0.2) is 16.2 Å². The first kappa shape index (κ1) is 16.2. The van der Waals surface area contributed by atoms with Crippen molar-refractivity contribution in [1.29, 1.82) is 0 Å². The second kappa shape index (κ2) is 7.29. The smallest absolute Gasteiger partial charge is 0.257 e. The third kappa shape index (κ3) is 3.48. The first-order chi connectivity index (χ1) is 11.7. The summed E-state index contributed by atoms with van der Waals surface area (Å²) in [6.07, 6.45) is 1.32. The summed E-state index contributed by atoms with van der Waals surface area (Å²) < 4.78 is 4.96. The van der Waals surface area contributed by atoms with Gasteiger partial charge in [0.25, 0.3) is 5.91 Å². The van der Waals surface area contributed by atoms with Crippen LogP contribution in [0.15, 0.2) is 59.3 Å². The zero-order chi connectivity index (χ0) is 16.9. The molecule has 24 heavy (non-hydrogen) atoms. The number of aliphatic hydroxyl groups is 1. The molecule has 3 rings (SSSR count). The van der Waals surface area contributed by atoms with Crippen molar-refractivity contribution in [3.05, 3.63) is 76.5 Å². The van der Waals surface area contributed by atoms with Gasteiger partial charge in [-0.25, -0.2) is 0 Å². The molecule has 0 saturated heterocycles. The maximum Gasteiger partial charge on any atom is 0.257 e. The Morgan fingerprint density at radius 3 is 2.54 bits per heavy atom. The largest absolute Gasteiger partial charge is 0.392 e. The molecule has 1 amide bonds. The Balaban J connectivity index is 1.77. The molecule has 0 aliphatic rings. The lowest BCUT2D eigenvalue weighted by Gasteiger charge is -2.08. The number of halogens is 1. The number of rotatable bonds is 5. The monoisotopic (exact) mass is 342 g/mol. The van der Waals surface area contributed by atoms with Gasteiger partial charge in [0.2, 0.25) is 0 Å². The van der Waals surface area contributed by atoms with Gasteiger partial charge in [0, 0.05) is 17.1 Å². The molecule has 0 aliphatic heterocycles. The van der Waals surface area contributed by atoms with Crippen LogP contribution in [0.25, 0.3) is 11.3 Å². The summed E-state index contributed by atoms with van der Waals surface area (Å²) in [6, 6.07) is 14.4. The summed E-state index contributed by atoms with van der Waals surface area (Å²) in [6.45, 7) is 0.232. The highest BCUT2D eigenvalue weighted by Gasteiger charge is 2.17. The van der Waals surface area contributed by atoms with Gasteiger partial charge in [-0.3, -0.25) is 4.79 Å². The number of carbonyl (C=O) groups is 1. The summed E-state index contributed by atoms with van der Waals surface area (Å²) in [5.41, 5.74) is 3.19. The number of carbonyl (C=O) groups excluding carboxylic acids is 1. The Labute approximate surface area is 143 Å². The van der Waals surface area contributed by atoms with Crippen molar-refractivity contribution in [2.24, 2.45) is 0 Å². The van der Waals surface area contributed by atoms with Crippen molar-refractivity contribution in [1.82, 2.24) is 10.5 Å². The molecule has 0 atom stereocenters. The molecule has 2 N–H and O–H groups in total. The summed E-state index contributed by atoms with van der Waals surface area (Å²) in [4.78, 5) is 12.4. The SMILES string of the molecule is O=C(NCc1ccccc1CO)c1conc1-c1ccc(Cl)cc1. The van der Waals surface area contributed by atoms with E-state index in [0.717, 1.165) is 16.7 Å². The van der Waals surface area contributed by atoms with E-state index < -0.39 is 0 Å². The van der Waals surface area contributed by atoms with Crippen LogP contribution in [0.2, 0.25) is 5.02 Å². The number of aliphatic hydroxyl groups excluding tert-OH is 1. The van der Waals surface area contributed by atoms with Crippen LogP contribution in [0.1, 0.15) is 21.5 Å². The van der Waals surface area contributed by atoms with Crippen LogP contribution in [0, 0.1) is 0 Å². The van der Waals surface area contributed by atoms with E-state index in [-0.39, 0.29) is 12.5 Å². The van der Waals surface area contributed by atoms with Crippen LogP contribution in [0.4, 0.5) is 0 Å². The molecule has 0 saturated carbocycles. The van der Waals surface area contributed by atoms with E-state index in [0.29, 0.717) is 22.8 Å². The third-order valence-electron chi connectivity index (χ3n) is 3.66. The van der Waals surface area contributed by atoms with Gasteiger partial charge in [-0.05, 0) is 23.3 Å². The van der Waals surface area contributed by atoms with E-state index in [1.165, 1.54) is 6.26 Å². The molecule has 1 aromatic heterocycles. The molecule has 0 unspecified atom stereocenters. The van der Waals surface area contributed by atoms with E-state index in [4.69, 9.17) is 16.1 Å². The Morgan fingerprint density at radius 2 is 1.83 bits per heavy atom. The molecular weight excluding hydrogens is 328 g/mol. The van der Waals surface area contributed by atoms with Crippen molar-refractivity contribution in [3.8, 4) is 11.3 Å². The minimum absolute atomic E-state index is 0.0741. The van der Waals surface area contributed by atoms with Gasteiger partial charge in [0.05, 0.1) is 6.61 Å². The Morgan fingerprint density at radius 1 is 1.12 bits per heavy atom. The average Bonchev–Trinajstić information content (AvgIpc) is 3.10. The summed E-state index contributed by atoms with van der Waals surface area (Å²) >= 11 is 5.88. The first-order valence-electron chi connectivity index (χ1n) is 7.35. The zero-order valence-electron chi connectivity index (χ0n) is 12.7. The maximum atomic E-state index is 12.4. The van der Waals surface area contributed by atoms with Gasteiger partial charge in [-0.2, -0.15) is 0 Å². The van der Waals surface area contributed by atoms with Crippen LogP contribution in [0.5, 0.6) is 0 Å². The highest BCUT2D eigenvalue weighted by Crippen LogP contribution is 2.24. The molecule has 0 spiro atoms. The molecule has 3 aromatic rings. The maximum absolute atomic E-state index is 12.4. The molecule has 6 heteroatoms. The minimum Gasteiger partial charge on any atom is -0.392 e. The Hall–Kier alpha value is -2.63. The summed E-state index contributed by atoms with van der Waals surface area (Å²) in [7, 11) is 0. The molecular formula is C18H15ClN2O3. The predicted molar refractivity (Wildman–Crippen MR) is 90.5 cm³/mol. The molecule has 5 nitrogen and oxygen atoms in total. The summed E-state index contributed by atoms with van der Waals surface area (Å²) in [5, 5.41) is 16.7. The van der Waals surface area contributed by atoms with Gasteiger partial charge in [0.1, 0.15) is 17.5 Å². The fourth-order valence-corrected chi connectivity index (χ4v) is 2.49. The van der Waals surface area contributed by atoms with E-state index in [2.05, 4.69) is 10.5 Å². The highest BCUT2D eigenvalue weighted by atomic mass is 35.5. The predicted octanol–water partition coefficient (Wildman–Crippen LogP) is 3.42. The van der Waals surface area contributed by atoms with E-state index >= 15 is 0 Å². The van der Waals surface area contributed by atoms with Crippen molar-refractivity contribution < 1.29 is 14.4 Å². The number of benzene rings is 2. The van der Waals surface area contributed by atoms with Crippen LogP contribution in [0.3, 0.4) is 0 Å². The fraction of sp³-hybridized carbons (Fsp3) is 0.111. The molecule has 0 bridgehead atoms. The number of hydrogen-bond donors (Lipinski definition) is 2. The van der Waals surface area contributed by atoms with Crippen molar-refractivity contribution in [2.75, 3.05) is 0 Å². The lowest BCUT2D eigenvalue weighted by molar-refractivity contribution is 0.0950. The van der Waals surface area contributed by atoms with Crippen LogP contribution >= 0.6 is 11.6 Å². The second-order valence-electron chi connectivity index (χ2n) is 5.19. The normalized spacial score (nSPS) is 10.6. The number of amides is 1. The highest BCUT2D eigenvalue weighted by molar-refractivity contribution is 6.30. The number of nitrogens with one attached hydrogen (secondary N) is 1. The first-order valence-corrected chi connectivity index (χ1v) is 7.73. The lowest BCUT2D eigenvalue weighted by atomic mass is 10.1. The molecule has 0 fully saturated rings. The van der Waals surface area contributed by atoms with Crippen molar-refractivity contribution >= 4 is 17.5 Å². The third-order valence-corrected chi connectivity index (χ3v) is 3.91. The van der Waals surface area contributed by atoms with Crippen LogP contribution in [-0.2, 0) is 13.2 Å². The van der Waals surface area contributed by atoms with Gasteiger partial charge in [0.15, 0.2) is 0 Å². The van der Waals surface area contributed by atoms with E-state index in [1.807, 2.05) is 24.3 Å². The average molecular weight is 343 g/mol. The topological polar surface area (TPSA) is 75.4 Å². The van der Waals surface area contributed by atoms with Gasteiger partial charge in [-0.1, -0.05) is 53.2 Å². The van der Waals surface area contributed by atoms with Crippen molar-refractivity contribution in [3.63, 3.8) is 0 Å². The minimum atomic E-state index is -0.297. The van der Waals surface area contributed by atoms with Gasteiger partial charge >= 0.3 is 0 Å². The molecule has 1 heterocycles. The lowest BCUT2D eigenvalue weighted by Crippen LogP contribution is -2.23. The zero-order valence-corrected chi connectivity index (χ0v) is 13.5. The fourth-order valence-electron chi connectivity index (χ4n) is 2.37. The molecule has 122 valence electrons. The molecule has 0 radical (unpaired) electrons. The Kier molecular flexibility index (Phi) is 4.93. The van der Waals surface area contributed by atoms with Crippen LogP contribution < -0.4 is 5.32 Å². The van der Waals surface area contributed by atoms with Gasteiger partial charge in [-0.15, -0.1) is 0 Å². The summed E-state index contributed by atoms with van der Waals surface area (Å²) in [5.74, 6) is -0.297. The van der Waals surface area contributed by atoms with E-state index in [1.54, 1.807) is 24.3 Å². The number of hydrogen-bond acceptors (Lipinski definition) is 4. The van der Waals surface area contributed by atoms with Crippen molar-refractivity contribution in [2.45, 2.75) is 13.2 Å². The second-order valence-corrected chi connectivity index (χ2v) is 5.63. The molecule has 0 aliphatic carbocycles.